The SMILES string of the molecule is NC(CCC(=O)NC(COCC(O)CO)COCC(O)CO)(CCC(=O)NC(COCC(O)CO)COCC(O)CO)CCC(=O)NC(COCC(O)CO)COCC(O)CO. The molecule has 17 N–H and O–H groups in total. The molecule has 0 aromatic carbocycles. The highest BCUT2D eigenvalue weighted by molar-refractivity contribution is 5.78. The van der Waals surface area contributed by atoms with Gasteiger partial charge in [-0.2, -0.15) is 0 Å². The minimum absolute atomic E-state index is 0.0677. The first-order valence-corrected chi connectivity index (χ1v) is 20.4. The molecule has 0 bridgehead atoms. The predicted molar refractivity (Wildman–Crippen MR) is 214 cm³/mol. The predicted octanol–water partition coefficient (Wildman–Crippen LogP) is -8.30. The van der Waals surface area contributed by atoms with Crippen LogP contribution in [0.4, 0.5) is 0 Å². The summed E-state index contributed by atoms with van der Waals surface area (Å²) in [6, 6.07) is -2.46. The van der Waals surface area contributed by atoms with E-state index >= 15 is 0 Å². The van der Waals surface area contributed by atoms with Gasteiger partial charge in [0.1, 0.15) is 36.6 Å². The van der Waals surface area contributed by atoms with E-state index in [0.717, 1.165) is 0 Å². The largest absolute Gasteiger partial charge is 0.394 e. The van der Waals surface area contributed by atoms with Gasteiger partial charge < -0.3 is 111 Å². The summed E-state index contributed by atoms with van der Waals surface area (Å²) in [6.07, 6.45) is -7.99. The highest BCUT2D eigenvalue weighted by Gasteiger charge is 2.29. The van der Waals surface area contributed by atoms with Crippen LogP contribution in [-0.2, 0) is 42.8 Å². The quantitative estimate of drug-likeness (QED) is 0.0270. The highest BCUT2D eigenvalue weighted by Crippen LogP contribution is 2.23. The molecule has 0 aromatic rings. The molecule has 0 radical (unpaired) electrons. The third kappa shape index (κ3) is 32.3. The third-order valence-electron chi connectivity index (χ3n) is 8.69. The van der Waals surface area contributed by atoms with Crippen molar-refractivity contribution in [1.29, 1.82) is 0 Å². The molecule has 6 unspecified atom stereocenters. The Morgan fingerprint density at radius 1 is 0.371 bits per heavy atom. The topological polar surface area (TPSA) is 411 Å². The Morgan fingerprint density at radius 2 is 0.548 bits per heavy atom. The average molecular weight is 911 g/mol. The van der Waals surface area contributed by atoms with E-state index in [1.807, 2.05) is 0 Å². The number of hydrogen-bond acceptors (Lipinski definition) is 22. The molecule has 62 heavy (non-hydrogen) atoms. The molecule has 3 amide bonds. The maximum Gasteiger partial charge on any atom is 0.220 e. The summed E-state index contributed by atoms with van der Waals surface area (Å²) < 4.78 is 32.3. The van der Waals surface area contributed by atoms with Gasteiger partial charge in [0, 0.05) is 24.8 Å². The number of ether oxygens (including phenoxy) is 6. The maximum absolute atomic E-state index is 13.2. The van der Waals surface area contributed by atoms with Gasteiger partial charge in [0.2, 0.25) is 17.7 Å². The van der Waals surface area contributed by atoms with Crippen molar-refractivity contribution in [2.24, 2.45) is 5.73 Å². The van der Waals surface area contributed by atoms with Crippen LogP contribution in [0.2, 0.25) is 0 Å². The number of aliphatic hydroxyl groups is 12. The normalized spacial score (nSPS) is 17.2. The van der Waals surface area contributed by atoms with Crippen molar-refractivity contribution in [3.63, 3.8) is 0 Å². The molecule has 368 valence electrons. The molecule has 0 saturated heterocycles. The lowest BCUT2D eigenvalue weighted by molar-refractivity contribution is -0.123. The fraction of sp³-hybridized carbons (Fsp3) is 0.919. The van der Waals surface area contributed by atoms with Crippen molar-refractivity contribution in [2.75, 3.05) is 119 Å². The molecule has 0 saturated carbocycles. The minimum Gasteiger partial charge on any atom is -0.394 e. The van der Waals surface area contributed by atoms with Crippen molar-refractivity contribution in [3.8, 4) is 0 Å². The van der Waals surface area contributed by atoms with E-state index in [1.54, 1.807) is 0 Å². The fourth-order valence-electron chi connectivity index (χ4n) is 5.15. The highest BCUT2D eigenvalue weighted by atomic mass is 16.5. The molecule has 0 rings (SSSR count). The van der Waals surface area contributed by atoms with Crippen LogP contribution in [0.25, 0.3) is 0 Å². The lowest BCUT2D eigenvalue weighted by Gasteiger charge is -2.30. The first-order valence-electron chi connectivity index (χ1n) is 20.4. The van der Waals surface area contributed by atoms with Gasteiger partial charge in [0.15, 0.2) is 0 Å². The van der Waals surface area contributed by atoms with Crippen molar-refractivity contribution < 1.29 is 104 Å². The monoisotopic (exact) mass is 910 g/mol. The Hall–Kier alpha value is -2.35. The number of nitrogens with one attached hydrogen (secondary N) is 3. The van der Waals surface area contributed by atoms with Crippen molar-refractivity contribution in [1.82, 2.24) is 16.0 Å². The van der Waals surface area contributed by atoms with Crippen molar-refractivity contribution >= 4 is 17.7 Å². The molecule has 6 atom stereocenters. The average Bonchev–Trinajstić information content (AvgIpc) is 3.26. The molecule has 25 nitrogen and oxygen atoms in total. The van der Waals surface area contributed by atoms with E-state index in [0.29, 0.717) is 0 Å². The van der Waals surface area contributed by atoms with Crippen LogP contribution >= 0.6 is 0 Å². The first-order chi connectivity index (χ1) is 29.5. The zero-order valence-electron chi connectivity index (χ0n) is 35.3. The Balaban J connectivity index is 6.01. The van der Waals surface area contributed by atoms with Crippen LogP contribution in [-0.4, -0.2) is 258 Å². The molecule has 25 heteroatoms. The summed E-state index contributed by atoms with van der Waals surface area (Å²) in [7, 11) is 0. The molecule has 0 aliphatic carbocycles. The Labute approximate surface area is 361 Å². The summed E-state index contributed by atoms with van der Waals surface area (Å²) in [4.78, 5) is 39.7. The van der Waals surface area contributed by atoms with Gasteiger partial charge >= 0.3 is 0 Å². The van der Waals surface area contributed by atoms with E-state index in [4.69, 9.17) is 64.8 Å². The van der Waals surface area contributed by atoms with Gasteiger partial charge in [0.25, 0.3) is 0 Å². The number of nitrogens with two attached hydrogens (primary N) is 1. The first kappa shape index (κ1) is 59.6. The second kappa shape index (κ2) is 36.9. The Kier molecular flexibility index (Phi) is 35.5. The van der Waals surface area contributed by atoms with E-state index in [-0.39, 0.29) is 118 Å². The van der Waals surface area contributed by atoms with Crippen LogP contribution in [0.5, 0.6) is 0 Å². The number of carbonyl (C=O) groups is 3. The van der Waals surface area contributed by atoms with Gasteiger partial charge in [-0.1, -0.05) is 0 Å². The maximum atomic E-state index is 13.2. The Morgan fingerprint density at radius 3 is 0.710 bits per heavy atom. The van der Waals surface area contributed by atoms with Crippen molar-refractivity contribution in [3.05, 3.63) is 0 Å². The number of aliphatic hydroxyl groups excluding tert-OH is 12. The van der Waals surface area contributed by atoms with Gasteiger partial charge in [-0.15, -0.1) is 0 Å². The van der Waals surface area contributed by atoms with Crippen molar-refractivity contribution in [2.45, 2.75) is 98.8 Å². The zero-order valence-corrected chi connectivity index (χ0v) is 35.3. The number of amides is 3. The van der Waals surface area contributed by atoms with E-state index in [2.05, 4.69) is 16.0 Å². The van der Waals surface area contributed by atoms with Gasteiger partial charge in [-0.25, -0.2) is 0 Å². The number of hydrogen-bond donors (Lipinski definition) is 16. The van der Waals surface area contributed by atoms with Gasteiger partial charge in [-0.3, -0.25) is 14.4 Å². The van der Waals surface area contributed by atoms with Gasteiger partial charge in [0.05, 0.1) is 137 Å². The minimum atomic E-state index is -1.34. The van der Waals surface area contributed by atoms with Crippen LogP contribution in [0, 0.1) is 0 Å². The lowest BCUT2D eigenvalue weighted by Crippen LogP contribution is -2.47. The third-order valence-corrected chi connectivity index (χ3v) is 8.69. The summed E-state index contributed by atoms with van der Waals surface area (Å²) in [5.74, 6) is -1.65. The summed E-state index contributed by atoms with van der Waals surface area (Å²) in [6.45, 7) is -6.03. The van der Waals surface area contributed by atoms with E-state index < -0.39 is 118 Å². The molecular weight excluding hydrogens is 836 g/mol. The molecular formula is C37H74N4O21. The second-order valence-electron chi connectivity index (χ2n) is 14.9. The molecule has 0 aliphatic heterocycles. The summed E-state index contributed by atoms with van der Waals surface area (Å²) in [5.41, 5.74) is 5.47. The summed E-state index contributed by atoms with van der Waals surface area (Å²) in [5, 5.41) is 120. The molecule has 0 fully saturated rings. The standard InChI is InChI=1S/C37H74N4O21/c38-37(4-1-34(54)39-25(13-57-19-28(48)7-42)14-58-20-29(49)8-43,5-2-35(55)40-26(15-59-21-30(50)9-44)16-60-22-31(51)10-45)6-3-36(56)41-27(17-61-23-32(52)11-46)18-62-24-33(53)12-47/h25-33,42-53H,1-24,38H2,(H,39,54)(H,40,55)(H,41,56). The smallest absolute Gasteiger partial charge is 0.220 e. The van der Waals surface area contributed by atoms with Crippen LogP contribution in [0.1, 0.15) is 38.5 Å². The fourth-order valence-corrected chi connectivity index (χ4v) is 5.15. The van der Waals surface area contributed by atoms with Gasteiger partial charge in [-0.05, 0) is 19.3 Å². The molecule has 0 aliphatic rings. The molecule has 0 heterocycles. The van der Waals surface area contributed by atoms with E-state index in [9.17, 15) is 45.0 Å². The van der Waals surface area contributed by atoms with Crippen LogP contribution in [0.3, 0.4) is 0 Å². The van der Waals surface area contributed by atoms with Crippen LogP contribution in [0.15, 0.2) is 0 Å². The Bertz CT molecular complexity index is 957. The number of rotatable bonds is 42. The number of carbonyl (C=O) groups excluding carboxylic acids is 3. The van der Waals surface area contributed by atoms with E-state index in [1.165, 1.54) is 0 Å². The zero-order chi connectivity index (χ0) is 46.8. The summed E-state index contributed by atoms with van der Waals surface area (Å²) >= 11 is 0. The molecule has 0 spiro atoms. The lowest BCUT2D eigenvalue weighted by atomic mass is 9.84. The molecule has 0 aromatic heterocycles. The van der Waals surface area contributed by atoms with Crippen LogP contribution < -0.4 is 21.7 Å². The second-order valence-corrected chi connectivity index (χ2v) is 14.9.